The average molecular weight is 346 g/mol. The topological polar surface area (TPSA) is 78.2 Å². The van der Waals surface area contributed by atoms with Gasteiger partial charge in [-0.2, -0.15) is 0 Å². The van der Waals surface area contributed by atoms with Gasteiger partial charge in [-0.25, -0.2) is 0 Å². The molecule has 2 aromatic heterocycles. The standard InChI is InChI=1S/C21H18N2O3/c1-13(24)18-11-19(25)20(26)12-23(18)16-6-2-5-15(10-16)17-7-3-4-14-8-9-22-21(14)17/h2-13,22,24,26H,1H3. The zero-order valence-corrected chi connectivity index (χ0v) is 14.2. The van der Waals surface area contributed by atoms with Crippen LogP contribution in [-0.4, -0.2) is 19.8 Å². The summed E-state index contributed by atoms with van der Waals surface area (Å²) in [5, 5.41) is 21.0. The molecule has 4 aromatic rings. The summed E-state index contributed by atoms with van der Waals surface area (Å²) in [4.78, 5) is 15.0. The quantitative estimate of drug-likeness (QED) is 0.529. The van der Waals surface area contributed by atoms with Crippen molar-refractivity contribution < 1.29 is 10.2 Å². The maximum atomic E-state index is 11.8. The number of benzene rings is 2. The first-order chi connectivity index (χ1) is 12.5. The van der Waals surface area contributed by atoms with E-state index < -0.39 is 11.5 Å². The molecule has 2 aromatic carbocycles. The number of aromatic nitrogens is 2. The van der Waals surface area contributed by atoms with Crippen LogP contribution in [0.2, 0.25) is 0 Å². The van der Waals surface area contributed by atoms with E-state index in [4.69, 9.17) is 0 Å². The van der Waals surface area contributed by atoms with Gasteiger partial charge in [0.25, 0.3) is 0 Å². The summed E-state index contributed by atoms with van der Waals surface area (Å²) in [7, 11) is 0. The Labute approximate surface area is 149 Å². The second-order valence-corrected chi connectivity index (χ2v) is 6.29. The van der Waals surface area contributed by atoms with Gasteiger partial charge in [-0.1, -0.05) is 30.3 Å². The van der Waals surface area contributed by atoms with Crippen molar-refractivity contribution in [1.82, 2.24) is 9.55 Å². The molecular weight excluding hydrogens is 328 g/mol. The number of fused-ring (bicyclic) bond motifs is 1. The number of hydrogen-bond acceptors (Lipinski definition) is 3. The van der Waals surface area contributed by atoms with Crippen molar-refractivity contribution in [3.63, 3.8) is 0 Å². The Bertz CT molecular complexity index is 1160. The third-order valence-corrected chi connectivity index (χ3v) is 4.51. The van der Waals surface area contributed by atoms with Gasteiger partial charge < -0.3 is 19.8 Å². The van der Waals surface area contributed by atoms with Crippen molar-refractivity contribution in [2.75, 3.05) is 0 Å². The summed E-state index contributed by atoms with van der Waals surface area (Å²) < 4.78 is 1.64. The van der Waals surface area contributed by atoms with Gasteiger partial charge in [-0.3, -0.25) is 4.79 Å². The van der Waals surface area contributed by atoms with Gasteiger partial charge in [0.2, 0.25) is 5.43 Å². The van der Waals surface area contributed by atoms with Gasteiger partial charge in [0.1, 0.15) is 0 Å². The maximum Gasteiger partial charge on any atom is 0.223 e. The van der Waals surface area contributed by atoms with Crippen molar-refractivity contribution in [2.24, 2.45) is 0 Å². The SMILES string of the molecule is CC(O)c1cc(=O)c(O)cn1-c1cccc(-c2cccc3cc[nH]c23)c1. The fourth-order valence-electron chi connectivity index (χ4n) is 3.23. The average Bonchev–Trinajstić information content (AvgIpc) is 3.12. The molecule has 0 aliphatic carbocycles. The molecule has 130 valence electrons. The van der Waals surface area contributed by atoms with E-state index in [9.17, 15) is 15.0 Å². The van der Waals surface area contributed by atoms with E-state index in [0.717, 1.165) is 27.7 Å². The minimum absolute atomic E-state index is 0.355. The summed E-state index contributed by atoms with van der Waals surface area (Å²) in [6, 6.07) is 17.1. The molecule has 1 atom stereocenters. The van der Waals surface area contributed by atoms with E-state index in [1.165, 1.54) is 12.3 Å². The van der Waals surface area contributed by atoms with Crippen molar-refractivity contribution in [3.8, 4) is 22.6 Å². The number of para-hydroxylation sites is 1. The zero-order chi connectivity index (χ0) is 18.3. The van der Waals surface area contributed by atoms with Gasteiger partial charge in [-0.15, -0.1) is 0 Å². The van der Waals surface area contributed by atoms with Gasteiger partial charge in [0, 0.05) is 23.5 Å². The van der Waals surface area contributed by atoms with Crippen molar-refractivity contribution in [3.05, 3.63) is 82.9 Å². The lowest BCUT2D eigenvalue weighted by atomic mass is 10.0. The number of rotatable bonds is 3. The van der Waals surface area contributed by atoms with E-state index in [-0.39, 0.29) is 5.75 Å². The van der Waals surface area contributed by atoms with Crippen LogP contribution in [0.25, 0.3) is 27.7 Å². The molecule has 0 fully saturated rings. The number of aliphatic hydroxyl groups is 1. The first-order valence-electron chi connectivity index (χ1n) is 8.35. The highest BCUT2D eigenvalue weighted by molar-refractivity contribution is 5.94. The highest BCUT2D eigenvalue weighted by atomic mass is 16.3. The number of aliphatic hydroxyl groups excluding tert-OH is 1. The highest BCUT2D eigenvalue weighted by Crippen LogP contribution is 2.29. The van der Waals surface area contributed by atoms with E-state index in [1.54, 1.807) is 11.5 Å². The van der Waals surface area contributed by atoms with Crippen LogP contribution in [0.1, 0.15) is 18.7 Å². The largest absolute Gasteiger partial charge is 0.503 e. The molecule has 1 unspecified atom stereocenters. The first kappa shape index (κ1) is 16.2. The molecular formula is C21H18N2O3. The Morgan fingerprint density at radius 3 is 2.69 bits per heavy atom. The van der Waals surface area contributed by atoms with E-state index in [0.29, 0.717) is 5.69 Å². The van der Waals surface area contributed by atoms with Crippen LogP contribution in [0.4, 0.5) is 0 Å². The molecule has 0 radical (unpaired) electrons. The predicted molar refractivity (Wildman–Crippen MR) is 102 cm³/mol. The molecule has 4 rings (SSSR count). The molecule has 5 nitrogen and oxygen atoms in total. The molecule has 5 heteroatoms. The van der Waals surface area contributed by atoms with Crippen LogP contribution in [-0.2, 0) is 0 Å². The zero-order valence-electron chi connectivity index (χ0n) is 14.2. The Morgan fingerprint density at radius 1 is 1.08 bits per heavy atom. The van der Waals surface area contributed by atoms with Crippen LogP contribution in [0.5, 0.6) is 5.75 Å². The van der Waals surface area contributed by atoms with Gasteiger partial charge in [0.05, 0.1) is 23.5 Å². The lowest BCUT2D eigenvalue weighted by Gasteiger charge is -2.17. The molecule has 3 N–H and O–H groups in total. The number of nitrogens with one attached hydrogen (secondary N) is 1. The first-order valence-corrected chi connectivity index (χ1v) is 8.35. The normalized spacial score (nSPS) is 12.4. The van der Waals surface area contributed by atoms with E-state index in [2.05, 4.69) is 4.98 Å². The van der Waals surface area contributed by atoms with Crippen molar-refractivity contribution >= 4 is 10.9 Å². The fourth-order valence-corrected chi connectivity index (χ4v) is 3.23. The van der Waals surface area contributed by atoms with E-state index in [1.807, 2.05) is 54.7 Å². The molecule has 0 saturated heterocycles. The number of nitrogens with zero attached hydrogens (tertiary/aromatic N) is 1. The number of H-pyrrole nitrogens is 1. The smallest absolute Gasteiger partial charge is 0.223 e. The minimum atomic E-state index is -0.848. The summed E-state index contributed by atoms with van der Waals surface area (Å²) in [6.45, 7) is 1.59. The maximum absolute atomic E-state index is 11.8. The third-order valence-electron chi connectivity index (χ3n) is 4.51. The minimum Gasteiger partial charge on any atom is -0.503 e. The van der Waals surface area contributed by atoms with Gasteiger partial charge >= 0.3 is 0 Å². The molecule has 0 spiro atoms. The predicted octanol–water partition coefficient (Wildman–Crippen LogP) is 3.74. The Balaban J connectivity index is 1.91. The van der Waals surface area contributed by atoms with Gasteiger partial charge in [0.15, 0.2) is 5.75 Å². The summed E-state index contributed by atoms with van der Waals surface area (Å²) in [6.07, 6.45) is 2.40. The number of hydrogen-bond donors (Lipinski definition) is 3. The van der Waals surface area contributed by atoms with Crippen LogP contribution in [0.15, 0.2) is 71.8 Å². The summed E-state index contributed by atoms with van der Waals surface area (Å²) in [5.74, 6) is -0.355. The lowest BCUT2D eigenvalue weighted by Crippen LogP contribution is -2.13. The molecule has 2 heterocycles. The Kier molecular flexibility index (Phi) is 3.86. The lowest BCUT2D eigenvalue weighted by molar-refractivity contribution is 0.191. The number of pyridine rings is 1. The third kappa shape index (κ3) is 2.68. The second-order valence-electron chi connectivity index (χ2n) is 6.29. The van der Waals surface area contributed by atoms with Crippen LogP contribution >= 0.6 is 0 Å². The summed E-state index contributed by atoms with van der Waals surface area (Å²) >= 11 is 0. The Hall–Kier alpha value is -3.31. The molecule has 0 aliphatic heterocycles. The highest BCUT2D eigenvalue weighted by Gasteiger charge is 2.13. The second kappa shape index (κ2) is 6.20. The summed E-state index contributed by atoms with van der Waals surface area (Å²) in [5.41, 5.74) is 3.75. The molecule has 26 heavy (non-hydrogen) atoms. The van der Waals surface area contributed by atoms with Crippen molar-refractivity contribution in [2.45, 2.75) is 13.0 Å². The van der Waals surface area contributed by atoms with Crippen LogP contribution < -0.4 is 5.43 Å². The van der Waals surface area contributed by atoms with E-state index >= 15 is 0 Å². The molecule has 0 bridgehead atoms. The number of aromatic amines is 1. The van der Waals surface area contributed by atoms with Crippen LogP contribution in [0.3, 0.4) is 0 Å². The molecule has 0 amide bonds. The van der Waals surface area contributed by atoms with Crippen molar-refractivity contribution in [1.29, 1.82) is 0 Å². The van der Waals surface area contributed by atoms with Crippen LogP contribution in [0, 0.1) is 0 Å². The van der Waals surface area contributed by atoms with Gasteiger partial charge in [-0.05, 0) is 36.1 Å². The molecule has 0 aliphatic rings. The Morgan fingerprint density at radius 2 is 1.88 bits per heavy atom. The monoisotopic (exact) mass is 346 g/mol. The fraction of sp³-hybridized carbons (Fsp3) is 0.0952. The molecule has 0 saturated carbocycles. The number of aromatic hydroxyl groups is 1.